The number of thiophene rings is 1. The number of aromatic nitrogens is 1. The maximum absolute atomic E-state index is 12.8. The van der Waals surface area contributed by atoms with Crippen molar-refractivity contribution in [1.82, 2.24) is 4.98 Å². The predicted octanol–water partition coefficient (Wildman–Crippen LogP) is 7.48. The highest BCUT2D eigenvalue weighted by atomic mass is 32.1. The topological polar surface area (TPSA) is 60.5 Å². The molecule has 0 aliphatic rings. The fraction of sp³-hybridized carbons (Fsp3) is 0.143. The van der Waals surface area contributed by atoms with Crippen molar-refractivity contribution in [2.75, 3.05) is 12.4 Å². The summed E-state index contributed by atoms with van der Waals surface area (Å²) in [7, 11) is 1.63. The Morgan fingerprint density at radius 2 is 1.71 bits per heavy atom. The predicted molar refractivity (Wildman–Crippen MR) is 144 cm³/mol. The van der Waals surface area contributed by atoms with Gasteiger partial charge in [-0.05, 0) is 85.0 Å². The molecule has 3 aromatic carbocycles. The molecule has 5 nitrogen and oxygen atoms in total. The first kappa shape index (κ1) is 23.1. The average Bonchev–Trinajstić information content (AvgIpc) is 3.50. The lowest BCUT2D eigenvalue weighted by Gasteiger charge is -2.10. The molecule has 2 aromatic heterocycles. The normalized spacial score (nSPS) is 10.9. The maximum atomic E-state index is 12.8. The summed E-state index contributed by atoms with van der Waals surface area (Å²) in [5.41, 5.74) is 6.04. The molecule has 0 saturated heterocycles. The van der Waals surface area contributed by atoms with E-state index in [1.54, 1.807) is 18.4 Å². The summed E-state index contributed by atoms with van der Waals surface area (Å²) in [5.74, 6) is 1.23. The average molecular weight is 501 g/mol. The van der Waals surface area contributed by atoms with Gasteiger partial charge < -0.3 is 14.8 Å². The lowest BCUT2D eigenvalue weighted by molar-refractivity contribution is 0.103. The summed E-state index contributed by atoms with van der Waals surface area (Å²) in [6, 6.07) is 21.7. The molecule has 0 aliphatic heterocycles. The Kier molecular flexibility index (Phi) is 6.53. The first-order chi connectivity index (χ1) is 17.0. The Balaban J connectivity index is 1.22. The summed E-state index contributed by atoms with van der Waals surface area (Å²) >= 11 is 3.07. The highest BCUT2D eigenvalue weighted by molar-refractivity contribution is 7.21. The van der Waals surface area contributed by atoms with Gasteiger partial charge in [-0.1, -0.05) is 12.1 Å². The number of carbonyl (C=O) groups excluding carboxylic acids is 1. The van der Waals surface area contributed by atoms with Gasteiger partial charge >= 0.3 is 0 Å². The molecule has 7 heteroatoms. The molecule has 2 heterocycles. The van der Waals surface area contributed by atoms with Crippen molar-refractivity contribution in [2.45, 2.75) is 20.5 Å². The number of hydrogen-bond donors (Lipinski definition) is 1. The van der Waals surface area contributed by atoms with E-state index in [0.29, 0.717) is 23.0 Å². The minimum atomic E-state index is -0.141. The summed E-state index contributed by atoms with van der Waals surface area (Å²) in [6.45, 7) is 4.45. The first-order valence-electron chi connectivity index (χ1n) is 11.1. The standard InChI is InChI=1S/C28H24N2O3S2/c1-17-5-11-23(24(12-17)32-3)33-15-19-14-26(34-16-19)27(31)29-21-8-6-20(7-9-21)28-30-22-10-4-18(2)13-25(22)35-28/h4-14,16H,15H2,1-3H3,(H,29,31). The van der Waals surface area contributed by atoms with Gasteiger partial charge in [-0.3, -0.25) is 4.79 Å². The number of rotatable bonds is 7. The zero-order valence-electron chi connectivity index (χ0n) is 19.6. The van der Waals surface area contributed by atoms with Crippen molar-refractivity contribution in [3.63, 3.8) is 0 Å². The lowest BCUT2D eigenvalue weighted by Crippen LogP contribution is -2.10. The van der Waals surface area contributed by atoms with E-state index in [4.69, 9.17) is 14.5 Å². The van der Waals surface area contributed by atoms with Gasteiger partial charge in [0.1, 0.15) is 11.6 Å². The Morgan fingerprint density at radius 1 is 0.943 bits per heavy atom. The second-order valence-corrected chi connectivity index (χ2v) is 10.2. The van der Waals surface area contributed by atoms with Crippen LogP contribution < -0.4 is 14.8 Å². The van der Waals surface area contributed by atoms with Gasteiger partial charge in [0, 0.05) is 16.8 Å². The van der Waals surface area contributed by atoms with Gasteiger partial charge in [-0.15, -0.1) is 22.7 Å². The molecule has 0 saturated carbocycles. The molecule has 0 unspecified atom stereocenters. The highest BCUT2D eigenvalue weighted by Gasteiger charge is 2.12. The first-order valence-corrected chi connectivity index (χ1v) is 12.8. The van der Waals surface area contributed by atoms with Crippen LogP contribution in [0.15, 0.2) is 72.1 Å². The summed E-state index contributed by atoms with van der Waals surface area (Å²) in [5, 5.41) is 5.88. The van der Waals surface area contributed by atoms with E-state index in [2.05, 4.69) is 30.4 Å². The van der Waals surface area contributed by atoms with Gasteiger partial charge in [0.2, 0.25) is 0 Å². The largest absolute Gasteiger partial charge is 0.493 e. The van der Waals surface area contributed by atoms with Crippen LogP contribution in [0.5, 0.6) is 11.5 Å². The zero-order valence-corrected chi connectivity index (χ0v) is 21.3. The van der Waals surface area contributed by atoms with E-state index in [0.717, 1.165) is 32.9 Å². The van der Waals surface area contributed by atoms with Crippen molar-refractivity contribution in [3.05, 3.63) is 93.7 Å². The minimum Gasteiger partial charge on any atom is -0.493 e. The molecule has 176 valence electrons. The molecule has 0 radical (unpaired) electrons. The van der Waals surface area contributed by atoms with E-state index in [1.165, 1.54) is 21.6 Å². The summed E-state index contributed by atoms with van der Waals surface area (Å²) in [6.07, 6.45) is 0. The number of amides is 1. The molecule has 5 aromatic rings. The molecular formula is C28H24N2O3S2. The van der Waals surface area contributed by atoms with Crippen LogP contribution in [0.2, 0.25) is 0 Å². The van der Waals surface area contributed by atoms with Crippen LogP contribution in [-0.4, -0.2) is 18.0 Å². The van der Waals surface area contributed by atoms with E-state index < -0.39 is 0 Å². The number of fused-ring (bicyclic) bond motifs is 1. The molecule has 1 amide bonds. The van der Waals surface area contributed by atoms with Crippen molar-refractivity contribution >= 4 is 44.5 Å². The Hall–Kier alpha value is -3.68. The number of hydrogen-bond acceptors (Lipinski definition) is 6. The Bertz CT molecular complexity index is 1500. The third-order valence-corrected chi connectivity index (χ3v) is 7.57. The zero-order chi connectivity index (χ0) is 24.4. The molecule has 0 atom stereocenters. The molecule has 0 bridgehead atoms. The third-order valence-electron chi connectivity index (χ3n) is 5.52. The molecule has 0 fully saturated rings. The van der Waals surface area contributed by atoms with Crippen LogP contribution in [0, 0.1) is 13.8 Å². The number of nitrogens with one attached hydrogen (secondary N) is 1. The molecule has 35 heavy (non-hydrogen) atoms. The van der Waals surface area contributed by atoms with Crippen molar-refractivity contribution < 1.29 is 14.3 Å². The molecule has 0 aliphatic carbocycles. The minimum absolute atomic E-state index is 0.141. The molecule has 5 rings (SSSR count). The SMILES string of the molecule is COc1cc(C)ccc1OCc1csc(C(=O)Nc2ccc(-c3nc4ccc(C)cc4s3)cc2)c1. The second kappa shape index (κ2) is 9.90. The van der Waals surface area contributed by atoms with Gasteiger partial charge in [-0.2, -0.15) is 0 Å². The lowest BCUT2D eigenvalue weighted by atomic mass is 10.2. The summed E-state index contributed by atoms with van der Waals surface area (Å²) < 4.78 is 12.5. The van der Waals surface area contributed by atoms with Gasteiger partial charge in [-0.25, -0.2) is 4.98 Å². The monoisotopic (exact) mass is 500 g/mol. The van der Waals surface area contributed by atoms with Crippen molar-refractivity contribution in [2.24, 2.45) is 0 Å². The highest BCUT2D eigenvalue weighted by Crippen LogP contribution is 2.32. The van der Waals surface area contributed by atoms with Crippen LogP contribution in [0.4, 0.5) is 5.69 Å². The smallest absolute Gasteiger partial charge is 0.265 e. The number of carbonyl (C=O) groups is 1. The van der Waals surface area contributed by atoms with Crippen molar-refractivity contribution in [1.29, 1.82) is 0 Å². The maximum Gasteiger partial charge on any atom is 0.265 e. The number of nitrogens with zero attached hydrogens (tertiary/aromatic N) is 1. The van der Waals surface area contributed by atoms with Crippen LogP contribution in [0.25, 0.3) is 20.8 Å². The second-order valence-electron chi connectivity index (χ2n) is 8.28. The number of thiazole rings is 1. The molecule has 0 spiro atoms. The van der Waals surface area contributed by atoms with Gasteiger partial charge in [0.15, 0.2) is 11.5 Å². The van der Waals surface area contributed by atoms with Crippen LogP contribution in [0.3, 0.4) is 0 Å². The Labute approximate surface area is 212 Å². The van der Waals surface area contributed by atoms with Crippen LogP contribution >= 0.6 is 22.7 Å². The quantitative estimate of drug-likeness (QED) is 0.252. The summed E-state index contributed by atoms with van der Waals surface area (Å²) in [4.78, 5) is 18.1. The van der Waals surface area contributed by atoms with Crippen LogP contribution in [-0.2, 0) is 6.61 Å². The molecular weight excluding hydrogens is 476 g/mol. The number of benzene rings is 3. The number of anilines is 1. The van der Waals surface area contributed by atoms with Gasteiger partial charge in [0.05, 0.1) is 22.2 Å². The van der Waals surface area contributed by atoms with Gasteiger partial charge in [0.25, 0.3) is 5.91 Å². The molecule has 1 N–H and O–H groups in total. The van der Waals surface area contributed by atoms with E-state index >= 15 is 0 Å². The van der Waals surface area contributed by atoms with E-state index in [1.807, 2.05) is 60.8 Å². The van der Waals surface area contributed by atoms with Crippen LogP contribution in [0.1, 0.15) is 26.4 Å². The van der Waals surface area contributed by atoms with E-state index in [-0.39, 0.29) is 5.91 Å². The number of methoxy groups -OCH3 is 1. The van der Waals surface area contributed by atoms with Crippen molar-refractivity contribution in [3.8, 4) is 22.1 Å². The fourth-order valence-corrected chi connectivity index (χ4v) is 5.53. The fourth-order valence-electron chi connectivity index (χ4n) is 3.67. The van der Waals surface area contributed by atoms with E-state index in [9.17, 15) is 4.79 Å². The number of ether oxygens (including phenoxy) is 2. The number of aryl methyl sites for hydroxylation is 2. The third kappa shape index (κ3) is 5.21. The Morgan fingerprint density at radius 3 is 2.51 bits per heavy atom.